The van der Waals surface area contributed by atoms with Crippen molar-refractivity contribution >= 4 is 10.0 Å². The van der Waals surface area contributed by atoms with Gasteiger partial charge in [-0.05, 0) is 33.6 Å². The topological polar surface area (TPSA) is 99.4 Å². The third-order valence-electron chi connectivity index (χ3n) is 4.69. The predicted molar refractivity (Wildman–Crippen MR) is 98.4 cm³/mol. The number of methoxy groups -OCH3 is 1. The Balaban J connectivity index is 1.69. The van der Waals surface area contributed by atoms with E-state index >= 15 is 0 Å². The summed E-state index contributed by atoms with van der Waals surface area (Å²) >= 11 is 0. The van der Waals surface area contributed by atoms with Crippen LogP contribution in [0, 0.1) is 13.8 Å². The highest BCUT2D eigenvalue weighted by Gasteiger charge is 2.34. The first kappa shape index (κ1) is 19.6. The van der Waals surface area contributed by atoms with Crippen molar-refractivity contribution in [2.75, 3.05) is 20.2 Å². The maximum atomic E-state index is 13.1. The van der Waals surface area contributed by atoms with Gasteiger partial charge in [0.15, 0.2) is 0 Å². The molecule has 9 nitrogen and oxygen atoms in total. The predicted octanol–water partition coefficient (Wildman–Crippen LogP) is 1.55. The van der Waals surface area contributed by atoms with Crippen LogP contribution in [-0.4, -0.2) is 58.8 Å². The Bertz CT molecular complexity index is 904. The van der Waals surface area contributed by atoms with Crippen molar-refractivity contribution < 1.29 is 17.9 Å². The number of aromatic nitrogens is 4. The maximum Gasteiger partial charge on any atom is 0.319 e. The van der Waals surface area contributed by atoms with Crippen LogP contribution in [0.4, 0.5) is 0 Å². The van der Waals surface area contributed by atoms with E-state index < -0.39 is 10.0 Å². The first-order valence-electron chi connectivity index (χ1n) is 8.94. The summed E-state index contributed by atoms with van der Waals surface area (Å²) in [6, 6.07) is 1.91. The molecular weight excluding hydrogens is 370 g/mol. The molecule has 0 amide bonds. The summed E-state index contributed by atoms with van der Waals surface area (Å²) in [7, 11) is -2.08. The minimum atomic E-state index is -3.57. The number of nitrogens with zero attached hydrogens (tertiary/aromatic N) is 5. The second-order valence-corrected chi connectivity index (χ2v) is 8.29. The molecule has 0 spiro atoms. The summed E-state index contributed by atoms with van der Waals surface area (Å²) in [5.74, 6) is 0.430. The van der Waals surface area contributed by atoms with Crippen molar-refractivity contribution in [3.8, 4) is 11.9 Å². The molecule has 148 valence electrons. The van der Waals surface area contributed by atoms with Crippen LogP contribution in [-0.2, 0) is 16.6 Å². The van der Waals surface area contributed by atoms with Crippen molar-refractivity contribution in [2.45, 2.75) is 51.2 Å². The molecule has 2 aromatic rings. The maximum absolute atomic E-state index is 13.1. The minimum Gasteiger partial charge on any atom is -0.474 e. The van der Waals surface area contributed by atoms with Crippen LogP contribution in [0.15, 0.2) is 17.2 Å². The van der Waals surface area contributed by atoms with Gasteiger partial charge >= 0.3 is 6.01 Å². The zero-order valence-electron chi connectivity index (χ0n) is 16.0. The summed E-state index contributed by atoms with van der Waals surface area (Å²) < 4.78 is 40.3. The summed E-state index contributed by atoms with van der Waals surface area (Å²) in [6.07, 6.45) is 2.64. The van der Waals surface area contributed by atoms with E-state index in [4.69, 9.17) is 9.47 Å². The van der Waals surface area contributed by atoms with Crippen LogP contribution in [0.2, 0.25) is 0 Å². The molecule has 0 N–H and O–H groups in total. The SMILES string of the molecule is CCn1nc(C)c(S(=O)(=O)N2CCC(Oc3ccnc(OC)n3)CC2)c1C. The zero-order valence-corrected chi connectivity index (χ0v) is 16.9. The Morgan fingerprint density at radius 1 is 1.26 bits per heavy atom. The monoisotopic (exact) mass is 395 g/mol. The third-order valence-corrected chi connectivity index (χ3v) is 6.84. The fraction of sp³-hybridized carbons (Fsp3) is 0.588. The van der Waals surface area contributed by atoms with Gasteiger partial charge in [-0.3, -0.25) is 4.68 Å². The quantitative estimate of drug-likeness (QED) is 0.731. The molecule has 0 atom stereocenters. The largest absolute Gasteiger partial charge is 0.474 e. The van der Waals surface area contributed by atoms with E-state index in [1.165, 1.54) is 11.4 Å². The molecular formula is C17H25N5O4S. The van der Waals surface area contributed by atoms with E-state index in [1.807, 2.05) is 6.92 Å². The minimum absolute atomic E-state index is 0.100. The van der Waals surface area contributed by atoms with Crippen LogP contribution in [0.25, 0.3) is 0 Å². The van der Waals surface area contributed by atoms with E-state index in [0.29, 0.717) is 54.6 Å². The highest BCUT2D eigenvalue weighted by molar-refractivity contribution is 7.89. The molecule has 27 heavy (non-hydrogen) atoms. The van der Waals surface area contributed by atoms with Gasteiger partial charge in [-0.25, -0.2) is 13.4 Å². The Hall–Kier alpha value is -2.20. The van der Waals surface area contributed by atoms with Crippen LogP contribution in [0.5, 0.6) is 11.9 Å². The summed E-state index contributed by atoms with van der Waals surface area (Å²) in [5, 5.41) is 4.34. The number of sulfonamides is 1. The van der Waals surface area contributed by atoms with E-state index in [2.05, 4.69) is 15.1 Å². The van der Waals surface area contributed by atoms with E-state index in [1.54, 1.807) is 30.8 Å². The molecule has 2 aromatic heterocycles. The molecule has 0 aliphatic carbocycles. The van der Waals surface area contributed by atoms with Gasteiger partial charge in [0.25, 0.3) is 0 Å². The average Bonchev–Trinajstić information content (AvgIpc) is 2.96. The highest BCUT2D eigenvalue weighted by atomic mass is 32.2. The fourth-order valence-corrected chi connectivity index (χ4v) is 5.18. The van der Waals surface area contributed by atoms with Gasteiger partial charge < -0.3 is 9.47 Å². The summed E-state index contributed by atoms with van der Waals surface area (Å²) in [4.78, 5) is 8.41. The second-order valence-electron chi connectivity index (χ2n) is 6.42. The first-order chi connectivity index (χ1) is 12.9. The van der Waals surface area contributed by atoms with Gasteiger partial charge in [-0.1, -0.05) is 0 Å². The molecule has 1 aliphatic rings. The van der Waals surface area contributed by atoms with Crippen molar-refractivity contribution in [1.82, 2.24) is 24.1 Å². The van der Waals surface area contributed by atoms with Crippen molar-refractivity contribution in [1.29, 1.82) is 0 Å². The third kappa shape index (κ3) is 3.91. The van der Waals surface area contributed by atoms with Crippen molar-refractivity contribution in [3.05, 3.63) is 23.7 Å². The number of hydrogen-bond acceptors (Lipinski definition) is 7. The van der Waals surface area contributed by atoms with Crippen LogP contribution in [0.1, 0.15) is 31.2 Å². The normalized spacial score (nSPS) is 16.4. The lowest BCUT2D eigenvalue weighted by molar-refractivity contribution is 0.128. The molecule has 3 rings (SSSR count). The van der Waals surface area contributed by atoms with Gasteiger partial charge in [-0.2, -0.15) is 14.4 Å². The number of piperidine rings is 1. The molecule has 10 heteroatoms. The summed E-state index contributed by atoms with van der Waals surface area (Å²) in [6.45, 7) is 6.91. The Labute approximate surface area is 159 Å². The fourth-order valence-electron chi connectivity index (χ4n) is 3.34. The van der Waals surface area contributed by atoms with Crippen molar-refractivity contribution in [2.24, 2.45) is 0 Å². The molecule has 1 aliphatic heterocycles. The van der Waals surface area contributed by atoms with Gasteiger partial charge in [0, 0.05) is 31.9 Å². The Morgan fingerprint density at radius 3 is 2.56 bits per heavy atom. The summed E-state index contributed by atoms with van der Waals surface area (Å²) in [5.41, 5.74) is 1.22. The molecule has 0 aromatic carbocycles. The second kappa shape index (κ2) is 7.81. The standard InChI is InChI=1S/C17H25N5O4S/c1-5-22-13(3)16(12(2)20-22)27(23,24)21-10-7-14(8-11-21)26-15-6-9-18-17(19-15)25-4/h6,9,14H,5,7-8,10-11H2,1-4H3. The van der Waals surface area contributed by atoms with Gasteiger partial charge in [-0.15, -0.1) is 0 Å². The average molecular weight is 395 g/mol. The lowest BCUT2D eigenvalue weighted by atomic mass is 10.1. The van der Waals surface area contributed by atoms with E-state index in [9.17, 15) is 8.42 Å². The van der Waals surface area contributed by atoms with Crippen LogP contribution < -0.4 is 9.47 Å². The van der Waals surface area contributed by atoms with Gasteiger partial charge in [0.2, 0.25) is 15.9 Å². The molecule has 0 bridgehead atoms. The Kier molecular flexibility index (Phi) is 5.66. The van der Waals surface area contributed by atoms with Crippen LogP contribution >= 0.6 is 0 Å². The van der Waals surface area contributed by atoms with Gasteiger partial charge in [0.05, 0.1) is 18.5 Å². The number of aryl methyl sites for hydroxylation is 2. The van der Waals surface area contributed by atoms with E-state index in [0.717, 1.165) is 0 Å². The molecule has 0 saturated carbocycles. The molecule has 1 saturated heterocycles. The first-order valence-corrected chi connectivity index (χ1v) is 10.4. The number of rotatable bonds is 6. The lowest BCUT2D eigenvalue weighted by Crippen LogP contribution is -2.42. The molecule has 0 radical (unpaired) electrons. The number of ether oxygens (including phenoxy) is 2. The molecule has 0 unspecified atom stereocenters. The number of hydrogen-bond donors (Lipinski definition) is 0. The van der Waals surface area contributed by atoms with Gasteiger partial charge in [0.1, 0.15) is 11.0 Å². The van der Waals surface area contributed by atoms with Crippen LogP contribution in [0.3, 0.4) is 0 Å². The Morgan fingerprint density at radius 2 is 1.96 bits per heavy atom. The molecule has 3 heterocycles. The zero-order chi connectivity index (χ0) is 19.6. The highest BCUT2D eigenvalue weighted by Crippen LogP contribution is 2.27. The van der Waals surface area contributed by atoms with Crippen molar-refractivity contribution in [3.63, 3.8) is 0 Å². The van der Waals surface area contributed by atoms with E-state index in [-0.39, 0.29) is 12.1 Å². The smallest absolute Gasteiger partial charge is 0.319 e. The molecule has 1 fully saturated rings. The lowest BCUT2D eigenvalue weighted by Gasteiger charge is -2.31.